The zero-order valence-corrected chi connectivity index (χ0v) is 63.5. The van der Waals surface area contributed by atoms with Crippen LogP contribution in [0.2, 0.25) is 0 Å². The number of aliphatic imine (C=N–C) groups is 1. The molecule has 0 bridgehead atoms. The summed E-state index contributed by atoms with van der Waals surface area (Å²) in [4.78, 5) is 234. The van der Waals surface area contributed by atoms with Gasteiger partial charge in [0.1, 0.15) is 72.5 Å². The summed E-state index contributed by atoms with van der Waals surface area (Å²) in [6, 6.07) is -20.9. The first kappa shape index (κ1) is 96.1. The Hall–Kier alpha value is -9.90. The average Bonchev–Trinajstić information content (AvgIpc) is 1.43. The predicted octanol–water partition coefficient (Wildman–Crippen LogP) is -7.51. The lowest BCUT2D eigenvalue weighted by Gasteiger charge is -2.31. The number of aliphatic hydroxyl groups is 3. The highest BCUT2D eigenvalue weighted by atomic mass is 16.4. The highest BCUT2D eigenvalue weighted by Crippen LogP contribution is 2.22. The van der Waals surface area contributed by atoms with Crippen LogP contribution in [-0.4, -0.2) is 254 Å². The summed E-state index contributed by atoms with van der Waals surface area (Å²) >= 11 is 0. The van der Waals surface area contributed by atoms with E-state index in [4.69, 9.17) is 28.7 Å². The van der Waals surface area contributed by atoms with E-state index >= 15 is 0 Å². The second-order valence-corrected chi connectivity index (χ2v) is 28.6. The van der Waals surface area contributed by atoms with Crippen molar-refractivity contribution in [1.29, 1.82) is 0 Å². The van der Waals surface area contributed by atoms with Crippen molar-refractivity contribution in [1.82, 2.24) is 68.7 Å². The van der Waals surface area contributed by atoms with Crippen LogP contribution < -0.4 is 92.5 Å². The number of hydrogen-bond acceptors (Lipinski definition) is 22. The normalized spacial score (nSPS) is 16.9. The lowest BCUT2D eigenvalue weighted by molar-refractivity contribution is -0.144. The minimum Gasteiger partial charge on any atom is -0.481 e. The molecule has 16 atom stereocenters. The third-order valence-corrected chi connectivity index (χ3v) is 17.0. The van der Waals surface area contributed by atoms with E-state index in [-0.39, 0.29) is 88.2 Å². The lowest BCUT2D eigenvalue weighted by atomic mass is 9.97. The molecule has 41 heteroatoms. The van der Waals surface area contributed by atoms with Crippen LogP contribution in [0.4, 0.5) is 0 Å². The third kappa shape index (κ3) is 35.2. The maximum absolute atomic E-state index is 14.7. The number of carboxylic acid groups (broad SMARTS) is 2. The summed E-state index contributed by atoms with van der Waals surface area (Å²) in [5, 5.41) is 79.2. The van der Waals surface area contributed by atoms with Crippen molar-refractivity contribution in [2.75, 3.05) is 26.2 Å². The Morgan fingerprint density at radius 1 is 0.472 bits per heavy atom. The van der Waals surface area contributed by atoms with Gasteiger partial charge in [0.15, 0.2) is 5.96 Å². The van der Waals surface area contributed by atoms with Gasteiger partial charge in [0.05, 0.1) is 44.2 Å². The summed E-state index contributed by atoms with van der Waals surface area (Å²) in [6.07, 6.45) is -6.52. The van der Waals surface area contributed by atoms with Crippen molar-refractivity contribution in [3.63, 3.8) is 0 Å². The number of likely N-dealkylation sites (tertiary alicyclic amines) is 1. The number of aliphatic carboxylic acids is 2. The molecule has 0 aromatic carbocycles. The minimum atomic E-state index is -1.97. The fourth-order valence-corrected chi connectivity index (χ4v) is 11.2. The van der Waals surface area contributed by atoms with Crippen LogP contribution in [0.5, 0.6) is 0 Å². The number of nitrogens with zero attached hydrogens (tertiary/aromatic N) is 2. The molecule has 1 heterocycles. The number of primary amides is 2. The Morgan fingerprint density at radius 3 is 1.34 bits per heavy atom. The first-order valence-electron chi connectivity index (χ1n) is 36.0. The number of guanidine groups is 1. The number of nitrogens with two attached hydrogens (primary N) is 5. The smallest absolute Gasteiger partial charge is 0.326 e. The Kier molecular flexibility index (Phi) is 42.5. The number of nitrogens with one attached hydrogen (secondary N) is 12. The SMILES string of the molecule is CC[C@H](C)[C@H](NC(=O)[C@H](CC(C)C)NC(=O)CNC(=O)[C@H](CO)NC(=O)[C@@H](NC(=O)[C@H](CCCN=C(N)N)NC(=O)[C@H](CC(N)=O)NC(=O)[C@@H]1CCCN1C(=O)[C@H](CC(C)C)NC(=O)[C@H](CCC(=O)O)NC(=O)[C@H](CC(N)=O)NC(=O)[C@H](CC(C)C)NC(=O)[C@@H](NC(=O)[C@@H](N)CC(C)C)[C@@H](C)O)[C@@H](C)O)C(=O)O. The van der Waals surface area contributed by atoms with Gasteiger partial charge in [-0.3, -0.25) is 81.7 Å². The molecule has 0 radical (unpaired) electrons. The molecule has 1 aliphatic rings. The van der Waals surface area contributed by atoms with Crippen LogP contribution in [0.1, 0.15) is 167 Å². The number of amides is 15. The highest BCUT2D eigenvalue weighted by Gasteiger charge is 2.42. The van der Waals surface area contributed by atoms with Gasteiger partial charge < -0.3 is 123 Å². The van der Waals surface area contributed by atoms with Crippen molar-refractivity contribution >= 4 is 107 Å². The van der Waals surface area contributed by atoms with Gasteiger partial charge in [0.2, 0.25) is 88.6 Å². The molecule has 0 aliphatic carbocycles. The Bertz CT molecular complexity index is 3150. The maximum Gasteiger partial charge on any atom is 0.326 e. The van der Waals surface area contributed by atoms with Gasteiger partial charge in [0.25, 0.3) is 0 Å². The maximum atomic E-state index is 14.7. The topological polar surface area (TPSA) is 681 Å². The van der Waals surface area contributed by atoms with Gasteiger partial charge >= 0.3 is 11.9 Å². The Labute approximate surface area is 626 Å². The summed E-state index contributed by atoms with van der Waals surface area (Å²) in [5.74, 6) is -20.7. The molecule has 0 unspecified atom stereocenters. The fourth-order valence-electron chi connectivity index (χ4n) is 11.2. The zero-order chi connectivity index (χ0) is 82.7. The van der Waals surface area contributed by atoms with Crippen LogP contribution in [0.25, 0.3) is 0 Å². The molecule has 1 fully saturated rings. The van der Waals surface area contributed by atoms with Gasteiger partial charge in [0, 0.05) is 19.5 Å². The number of carbonyl (C=O) groups excluding carboxylic acids is 15. The predicted molar refractivity (Wildman–Crippen MR) is 387 cm³/mol. The fraction of sp³-hybridized carbons (Fsp3) is 0.731. The van der Waals surface area contributed by atoms with Crippen molar-refractivity contribution in [3.8, 4) is 0 Å². The highest BCUT2D eigenvalue weighted by molar-refractivity contribution is 6.01. The number of rotatable bonds is 50. The van der Waals surface area contributed by atoms with Crippen LogP contribution in [-0.2, 0) is 81.5 Å². The second kappa shape index (κ2) is 47.7. The lowest BCUT2D eigenvalue weighted by Crippen LogP contribution is -2.62. The minimum absolute atomic E-state index is 0.0149. The molecule has 0 aromatic heterocycles. The molecule has 1 aliphatic heterocycles. The summed E-state index contributed by atoms with van der Waals surface area (Å²) in [6.45, 7) is 17.1. The van der Waals surface area contributed by atoms with Gasteiger partial charge in [-0.15, -0.1) is 0 Å². The van der Waals surface area contributed by atoms with E-state index in [2.05, 4.69) is 68.8 Å². The zero-order valence-electron chi connectivity index (χ0n) is 63.5. The Balaban J connectivity index is 3.57. The van der Waals surface area contributed by atoms with Gasteiger partial charge in [-0.2, -0.15) is 0 Å². The first-order valence-corrected chi connectivity index (χ1v) is 36.0. The molecule has 0 spiro atoms. The van der Waals surface area contributed by atoms with E-state index in [0.29, 0.717) is 6.42 Å². The van der Waals surface area contributed by atoms with E-state index < -0.39 is 242 Å². The average molecular weight is 1540 g/mol. The molecule has 0 aromatic rings. The van der Waals surface area contributed by atoms with Crippen LogP contribution in [0.3, 0.4) is 0 Å². The second-order valence-electron chi connectivity index (χ2n) is 28.6. The van der Waals surface area contributed by atoms with Crippen LogP contribution >= 0.6 is 0 Å². The first-order chi connectivity index (χ1) is 50.2. The standard InChI is InChI=1S/C67H117N19O22/c1-13-34(10)51(66(107)108)83-61(102)40(23-31(4)5)75-49(92)28-74-55(96)45(29-87)82-64(105)53(36(12)89)85-57(98)38(16-14-20-73-67(71)72)76-60(101)43(27-48(70)91)79-62(103)46-17-15-21-86(46)65(106)44(25-33(8)9)81-56(97)39(18-19-50(93)94)77-59(100)42(26-47(69)90)78-58(99)41(24-32(6)7)80-63(104)52(35(11)88)84-54(95)37(68)22-30(2)3/h30-46,51-53,87-89H,13-29,68H2,1-12H3,(H2,69,90)(H2,70,91)(H,74,96)(H,75,92)(H,76,101)(H,77,100)(H,78,99)(H,79,103)(H,80,104)(H,81,97)(H,82,105)(H,83,102)(H,84,95)(H,85,98)(H,93,94)(H,107,108)(H4,71,72,73)/t34-,35+,36+,37-,38-,39-,40-,41-,42-,43-,44-,45-,46-,51-,52-,53-/m0/s1. The molecular weight excluding hydrogens is 1420 g/mol. The summed E-state index contributed by atoms with van der Waals surface area (Å²) < 4.78 is 0. The van der Waals surface area contributed by atoms with Crippen LogP contribution in [0, 0.1) is 29.6 Å². The Morgan fingerprint density at radius 2 is 0.880 bits per heavy atom. The van der Waals surface area contributed by atoms with Crippen molar-refractivity contribution in [2.45, 2.75) is 257 Å². The molecule has 108 heavy (non-hydrogen) atoms. The summed E-state index contributed by atoms with van der Waals surface area (Å²) in [7, 11) is 0. The van der Waals surface area contributed by atoms with Crippen molar-refractivity contribution < 1.29 is 107 Å². The molecule has 27 N–H and O–H groups in total. The molecule has 1 rings (SSSR count). The molecule has 41 nitrogen and oxygen atoms in total. The molecule has 1 saturated heterocycles. The number of carbonyl (C=O) groups is 17. The number of aliphatic hydroxyl groups excluding tert-OH is 3. The van der Waals surface area contributed by atoms with Crippen LogP contribution in [0.15, 0.2) is 4.99 Å². The quantitative estimate of drug-likeness (QED) is 0.0153. The van der Waals surface area contributed by atoms with Crippen molar-refractivity contribution in [3.05, 3.63) is 0 Å². The van der Waals surface area contributed by atoms with E-state index in [9.17, 15) is 107 Å². The number of hydrogen-bond donors (Lipinski definition) is 22. The number of carboxylic acids is 2. The van der Waals surface area contributed by atoms with E-state index in [0.717, 1.165) is 11.8 Å². The largest absolute Gasteiger partial charge is 0.481 e. The molecular formula is C67H117N19O22. The molecule has 15 amide bonds. The van der Waals surface area contributed by atoms with Gasteiger partial charge in [-0.1, -0.05) is 75.7 Å². The third-order valence-electron chi connectivity index (χ3n) is 17.0. The molecule has 612 valence electrons. The van der Waals surface area contributed by atoms with Gasteiger partial charge in [-0.05, 0) is 101 Å². The summed E-state index contributed by atoms with van der Waals surface area (Å²) in [5.41, 5.74) is 28.0. The van der Waals surface area contributed by atoms with E-state index in [1.54, 1.807) is 55.4 Å². The molecule has 0 saturated carbocycles. The van der Waals surface area contributed by atoms with Crippen molar-refractivity contribution in [2.24, 2.45) is 63.3 Å². The van der Waals surface area contributed by atoms with E-state index in [1.807, 2.05) is 13.8 Å². The van der Waals surface area contributed by atoms with E-state index in [1.165, 1.54) is 6.92 Å². The monoisotopic (exact) mass is 1540 g/mol. The van der Waals surface area contributed by atoms with Gasteiger partial charge in [-0.25, -0.2) is 4.79 Å².